The molecule has 1 aromatic heterocycles. The van der Waals surface area contributed by atoms with Crippen molar-refractivity contribution < 1.29 is 4.74 Å². The number of nitrogens with one attached hydrogen (secondary N) is 2. The topological polar surface area (TPSA) is 37.0 Å². The number of H-pyrrole nitrogens is 1. The second-order valence-corrected chi connectivity index (χ2v) is 3.85. The molecular weight excluding hydrogens is 188 g/mol. The molecule has 3 rings (SSSR count). The summed E-state index contributed by atoms with van der Waals surface area (Å²) in [7, 11) is 0. The maximum Gasteiger partial charge on any atom is 0.0970 e. The van der Waals surface area contributed by atoms with Gasteiger partial charge in [0.15, 0.2) is 0 Å². The van der Waals surface area contributed by atoms with Crippen molar-refractivity contribution in [1.82, 2.24) is 10.3 Å². The molecule has 1 aliphatic rings. The molecule has 2 heterocycles. The summed E-state index contributed by atoms with van der Waals surface area (Å²) >= 11 is 0. The van der Waals surface area contributed by atoms with Gasteiger partial charge in [0.05, 0.1) is 12.7 Å². The molecule has 0 unspecified atom stereocenters. The monoisotopic (exact) mass is 202 g/mol. The second-order valence-electron chi connectivity index (χ2n) is 3.85. The minimum absolute atomic E-state index is 0.190. The quantitative estimate of drug-likeness (QED) is 0.740. The summed E-state index contributed by atoms with van der Waals surface area (Å²) in [5, 5.41) is 4.62. The fourth-order valence-electron chi connectivity index (χ4n) is 2.13. The molecule has 15 heavy (non-hydrogen) atoms. The molecule has 2 aromatic rings. The zero-order valence-corrected chi connectivity index (χ0v) is 8.49. The van der Waals surface area contributed by atoms with Crippen LogP contribution in [0.2, 0.25) is 0 Å². The average Bonchev–Trinajstić information content (AvgIpc) is 2.74. The van der Waals surface area contributed by atoms with Gasteiger partial charge in [-0.05, 0) is 6.07 Å². The predicted molar refractivity (Wildman–Crippen MR) is 59.9 cm³/mol. The zero-order valence-electron chi connectivity index (χ0n) is 8.49. The summed E-state index contributed by atoms with van der Waals surface area (Å²) in [6, 6.07) is 8.34. The molecule has 0 aliphatic carbocycles. The molecule has 0 spiro atoms. The lowest BCUT2D eigenvalue weighted by atomic mass is 10.1. The van der Waals surface area contributed by atoms with E-state index in [2.05, 4.69) is 34.7 Å². The van der Waals surface area contributed by atoms with Gasteiger partial charge in [-0.1, -0.05) is 18.2 Å². The van der Waals surface area contributed by atoms with Crippen LogP contribution in [0.5, 0.6) is 0 Å². The highest BCUT2D eigenvalue weighted by Gasteiger charge is 2.18. The molecule has 1 aliphatic heterocycles. The summed E-state index contributed by atoms with van der Waals surface area (Å²) < 4.78 is 5.75. The lowest BCUT2D eigenvalue weighted by molar-refractivity contribution is 0.0286. The van der Waals surface area contributed by atoms with Crippen LogP contribution in [0.1, 0.15) is 11.7 Å². The Labute approximate surface area is 88.4 Å². The normalized spacial score (nSPS) is 22.0. The van der Waals surface area contributed by atoms with Crippen LogP contribution in [0.3, 0.4) is 0 Å². The molecule has 78 valence electrons. The smallest absolute Gasteiger partial charge is 0.0970 e. The Kier molecular flexibility index (Phi) is 2.19. The maximum absolute atomic E-state index is 5.75. The Morgan fingerprint density at radius 2 is 2.20 bits per heavy atom. The van der Waals surface area contributed by atoms with Crippen LogP contribution >= 0.6 is 0 Å². The van der Waals surface area contributed by atoms with E-state index in [1.54, 1.807) is 0 Å². The number of rotatable bonds is 1. The fraction of sp³-hybridized carbons (Fsp3) is 0.333. The molecule has 1 aromatic carbocycles. The van der Waals surface area contributed by atoms with E-state index < -0.39 is 0 Å². The molecule has 1 fully saturated rings. The van der Waals surface area contributed by atoms with Crippen LogP contribution in [0.25, 0.3) is 10.9 Å². The summed E-state index contributed by atoms with van der Waals surface area (Å²) in [5.74, 6) is 0. The summed E-state index contributed by atoms with van der Waals surface area (Å²) in [5.41, 5.74) is 2.44. The number of hydrogen-bond donors (Lipinski definition) is 2. The van der Waals surface area contributed by atoms with Gasteiger partial charge in [-0.3, -0.25) is 0 Å². The molecular formula is C12H14N2O. The number of ether oxygens (including phenoxy) is 1. The van der Waals surface area contributed by atoms with Crippen molar-refractivity contribution in [3.8, 4) is 0 Å². The summed E-state index contributed by atoms with van der Waals surface area (Å²) in [6.45, 7) is 2.66. The average molecular weight is 202 g/mol. The highest BCUT2D eigenvalue weighted by molar-refractivity contribution is 5.83. The van der Waals surface area contributed by atoms with E-state index in [0.29, 0.717) is 0 Å². The van der Waals surface area contributed by atoms with Gasteiger partial charge in [0, 0.05) is 35.8 Å². The highest BCUT2D eigenvalue weighted by Crippen LogP contribution is 2.26. The third kappa shape index (κ3) is 1.54. The molecule has 0 bridgehead atoms. The first-order chi connectivity index (χ1) is 7.45. The Morgan fingerprint density at radius 1 is 1.27 bits per heavy atom. The van der Waals surface area contributed by atoms with Gasteiger partial charge in [-0.2, -0.15) is 0 Å². The van der Waals surface area contributed by atoms with Crippen LogP contribution in [-0.2, 0) is 4.74 Å². The van der Waals surface area contributed by atoms with Crippen LogP contribution in [0.15, 0.2) is 30.5 Å². The van der Waals surface area contributed by atoms with E-state index in [4.69, 9.17) is 4.74 Å². The third-order valence-electron chi connectivity index (χ3n) is 2.90. The first-order valence-electron chi connectivity index (χ1n) is 5.33. The molecule has 0 radical (unpaired) electrons. The van der Waals surface area contributed by atoms with Gasteiger partial charge in [-0.15, -0.1) is 0 Å². The van der Waals surface area contributed by atoms with Crippen LogP contribution in [0, 0.1) is 0 Å². The molecule has 0 amide bonds. The molecule has 1 saturated heterocycles. The highest BCUT2D eigenvalue weighted by atomic mass is 16.5. The lowest BCUT2D eigenvalue weighted by Gasteiger charge is -2.23. The first-order valence-corrected chi connectivity index (χ1v) is 5.33. The van der Waals surface area contributed by atoms with Gasteiger partial charge in [0.1, 0.15) is 0 Å². The number of fused-ring (bicyclic) bond motifs is 1. The van der Waals surface area contributed by atoms with Crippen molar-refractivity contribution in [2.45, 2.75) is 6.10 Å². The number of morpholine rings is 1. The number of para-hydroxylation sites is 1. The van der Waals surface area contributed by atoms with Gasteiger partial charge in [-0.25, -0.2) is 0 Å². The molecule has 0 saturated carbocycles. The number of aromatic nitrogens is 1. The van der Waals surface area contributed by atoms with Crippen molar-refractivity contribution in [2.24, 2.45) is 0 Å². The van der Waals surface area contributed by atoms with Gasteiger partial charge in [0.25, 0.3) is 0 Å². The summed E-state index contributed by atoms with van der Waals surface area (Å²) in [6.07, 6.45) is 2.25. The Hall–Kier alpha value is -1.32. The Morgan fingerprint density at radius 3 is 3.07 bits per heavy atom. The minimum Gasteiger partial charge on any atom is -0.371 e. The standard InChI is InChI=1S/C12H14N2O/c1-2-4-11-9(3-1)10(7-14-11)12-8-13-5-6-15-12/h1-4,7,12-14H,5-6,8H2/t12-/m1/s1. The molecule has 2 N–H and O–H groups in total. The van der Waals surface area contributed by atoms with E-state index in [-0.39, 0.29) is 6.10 Å². The zero-order chi connectivity index (χ0) is 10.1. The Balaban J connectivity index is 2.02. The molecule has 1 atom stereocenters. The Bertz CT molecular complexity index is 457. The fourth-order valence-corrected chi connectivity index (χ4v) is 2.13. The first kappa shape index (κ1) is 8.95. The van der Waals surface area contributed by atoms with E-state index >= 15 is 0 Å². The van der Waals surface area contributed by atoms with E-state index in [9.17, 15) is 0 Å². The van der Waals surface area contributed by atoms with Crippen molar-refractivity contribution in [3.63, 3.8) is 0 Å². The van der Waals surface area contributed by atoms with Crippen molar-refractivity contribution in [3.05, 3.63) is 36.0 Å². The SMILES string of the molecule is c1ccc2c([C@H]3CNCCO3)c[nH]c2c1. The van der Waals surface area contributed by atoms with Gasteiger partial charge >= 0.3 is 0 Å². The van der Waals surface area contributed by atoms with E-state index in [1.165, 1.54) is 16.5 Å². The number of hydrogen-bond acceptors (Lipinski definition) is 2. The van der Waals surface area contributed by atoms with Crippen LogP contribution in [-0.4, -0.2) is 24.7 Å². The van der Waals surface area contributed by atoms with Crippen molar-refractivity contribution in [2.75, 3.05) is 19.7 Å². The van der Waals surface area contributed by atoms with Crippen LogP contribution in [0.4, 0.5) is 0 Å². The van der Waals surface area contributed by atoms with Crippen molar-refractivity contribution in [1.29, 1.82) is 0 Å². The van der Waals surface area contributed by atoms with Crippen LogP contribution < -0.4 is 5.32 Å². The predicted octanol–water partition coefficient (Wildman–Crippen LogP) is 1.83. The minimum atomic E-state index is 0.190. The third-order valence-corrected chi connectivity index (χ3v) is 2.90. The second kappa shape index (κ2) is 3.68. The summed E-state index contributed by atoms with van der Waals surface area (Å²) in [4.78, 5) is 3.28. The number of aromatic amines is 1. The van der Waals surface area contributed by atoms with Gasteiger partial charge < -0.3 is 15.0 Å². The van der Waals surface area contributed by atoms with Gasteiger partial charge in [0.2, 0.25) is 0 Å². The van der Waals surface area contributed by atoms with E-state index in [0.717, 1.165) is 19.7 Å². The maximum atomic E-state index is 5.75. The van der Waals surface area contributed by atoms with Crippen molar-refractivity contribution >= 4 is 10.9 Å². The van der Waals surface area contributed by atoms with E-state index in [1.807, 2.05) is 6.07 Å². The lowest BCUT2D eigenvalue weighted by Crippen LogP contribution is -2.33. The molecule has 3 heteroatoms. The number of benzene rings is 1. The molecule has 3 nitrogen and oxygen atoms in total. The largest absolute Gasteiger partial charge is 0.371 e.